The second-order valence-corrected chi connectivity index (χ2v) is 9.02. The summed E-state index contributed by atoms with van der Waals surface area (Å²) in [7, 11) is -0.350. The second-order valence-electron chi connectivity index (χ2n) is 7.13. The third-order valence-electron chi connectivity index (χ3n) is 4.98. The molecule has 0 bridgehead atoms. The number of amides is 1. The lowest BCUT2D eigenvalue weighted by atomic mass is 10.1. The Labute approximate surface area is 180 Å². The van der Waals surface area contributed by atoms with Crippen LogP contribution in [0.15, 0.2) is 47.6 Å². The predicted octanol–water partition coefficient (Wildman–Crippen LogP) is 2.33. The fourth-order valence-corrected chi connectivity index (χ4v) is 3.78. The van der Waals surface area contributed by atoms with Crippen molar-refractivity contribution in [3.05, 3.63) is 53.9 Å². The summed E-state index contributed by atoms with van der Waals surface area (Å²) >= 11 is 0. The van der Waals surface area contributed by atoms with Gasteiger partial charge in [0.2, 0.25) is 15.9 Å². The molecule has 3 aromatic rings. The zero-order valence-electron chi connectivity index (χ0n) is 17.1. The Morgan fingerprint density at radius 1 is 1.03 bits per heavy atom. The summed E-state index contributed by atoms with van der Waals surface area (Å²) in [6.07, 6.45) is 5.16. The van der Waals surface area contributed by atoms with E-state index in [2.05, 4.69) is 37.2 Å². The molecular formula is C22H21N5O3S. The average molecular weight is 436 g/mol. The summed E-state index contributed by atoms with van der Waals surface area (Å²) in [5, 5.41) is 7.49. The fourth-order valence-electron chi connectivity index (χ4n) is 3.05. The van der Waals surface area contributed by atoms with Crippen molar-refractivity contribution in [2.24, 2.45) is 5.92 Å². The highest BCUT2D eigenvalue weighted by Gasteiger charge is 2.29. The summed E-state index contributed by atoms with van der Waals surface area (Å²) in [6, 6.07) is 8.11. The van der Waals surface area contributed by atoms with Crippen LogP contribution in [-0.2, 0) is 14.8 Å². The molecule has 0 aliphatic heterocycles. The van der Waals surface area contributed by atoms with E-state index in [1.807, 2.05) is 0 Å². The molecule has 2 heterocycles. The predicted molar refractivity (Wildman–Crippen MR) is 119 cm³/mol. The Kier molecular flexibility index (Phi) is 5.59. The van der Waals surface area contributed by atoms with E-state index in [-0.39, 0.29) is 16.7 Å². The number of fused-ring (bicyclic) bond motifs is 1. The van der Waals surface area contributed by atoms with Crippen LogP contribution >= 0.6 is 0 Å². The monoisotopic (exact) mass is 435 g/mol. The Balaban J connectivity index is 1.69. The first-order chi connectivity index (χ1) is 14.9. The summed E-state index contributed by atoms with van der Waals surface area (Å²) in [4.78, 5) is 21.0. The lowest BCUT2D eigenvalue weighted by Gasteiger charge is -2.09. The van der Waals surface area contributed by atoms with Gasteiger partial charge in [0.25, 0.3) is 0 Å². The van der Waals surface area contributed by atoms with Crippen LogP contribution in [0.3, 0.4) is 0 Å². The first-order valence-electron chi connectivity index (χ1n) is 9.74. The van der Waals surface area contributed by atoms with Crippen molar-refractivity contribution in [1.82, 2.24) is 14.7 Å². The van der Waals surface area contributed by atoms with Gasteiger partial charge in [-0.3, -0.25) is 4.79 Å². The van der Waals surface area contributed by atoms with Crippen molar-refractivity contribution < 1.29 is 13.2 Å². The molecule has 31 heavy (non-hydrogen) atoms. The number of anilines is 2. The van der Waals surface area contributed by atoms with Crippen molar-refractivity contribution >= 4 is 38.3 Å². The number of pyridine rings is 2. The van der Waals surface area contributed by atoms with E-state index in [0.29, 0.717) is 22.8 Å². The van der Waals surface area contributed by atoms with Crippen molar-refractivity contribution in [3.8, 4) is 11.8 Å². The third-order valence-corrected chi connectivity index (χ3v) is 6.41. The molecule has 0 saturated heterocycles. The van der Waals surface area contributed by atoms with Crippen LogP contribution in [0, 0.1) is 17.8 Å². The number of aromatic nitrogens is 2. The van der Waals surface area contributed by atoms with Crippen molar-refractivity contribution in [2.75, 3.05) is 24.7 Å². The number of sulfonamides is 1. The summed E-state index contributed by atoms with van der Waals surface area (Å²) < 4.78 is 26.0. The summed E-state index contributed by atoms with van der Waals surface area (Å²) in [6.45, 7) is 0. The molecule has 9 heteroatoms. The van der Waals surface area contributed by atoms with Gasteiger partial charge in [-0.05, 0) is 50.2 Å². The van der Waals surface area contributed by atoms with Gasteiger partial charge < -0.3 is 10.6 Å². The zero-order chi connectivity index (χ0) is 22.0. The number of nitrogens with zero attached hydrogens (tertiary/aromatic N) is 2. The standard InChI is InChI=1S/C22H21N5O3S/c1-23-21-19-13-25-20(27-22(28)15-7-8-15)11-18(19)16(12-26-21)6-3-14-4-9-17(10-5-14)31(29,30)24-2/h4-5,9-13,15,24H,7-8H2,1-2H3,(H,23,26)(H,25,27,28). The largest absolute Gasteiger partial charge is 0.373 e. The maximum atomic E-state index is 12.1. The Bertz CT molecular complexity index is 1320. The molecule has 3 N–H and O–H groups in total. The maximum absolute atomic E-state index is 12.1. The van der Waals surface area contributed by atoms with Crippen LogP contribution in [0.5, 0.6) is 0 Å². The number of hydrogen-bond acceptors (Lipinski definition) is 6. The Morgan fingerprint density at radius 2 is 1.77 bits per heavy atom. The van der Waals surface area contributed by atoms with Gasteiger partial charge in [-0.2, -0.15) is 0 Å². The first-order valence-corrected chi connectivity index (χ1v) is 11.2. The van der Waals surface area contributed by atoms with Crippen LogP contribution < -0.4 is 15.4 Å². The Morgan fingerprint density at radius 3 is 2.42 bits per heavy atom. The van der Waals surface area contributed by atoms with E-state index in [1.54, 1.807) is 37.6 Å². The number of nitrogens with one attached hydrogen (secondary N) is 3. The van der Waals surface area contributed by atoms with E-state index in [4.69, 9.17) is 0 Å². The van der Waals surface area contributed by atoms with E-state index >= 15 is 0 Å². The van der Waals surface area contributed by atoms with Crippen LogP contribution in [0.25, 0.3) is 10.8 Å². The van der Waals surface area contributed by atoms with Gasteiger partial charge in [0.15, 0.2) is 0 Å². The van der Waals surface area contributed by atoms with E-state index < -0.39 is 10.0 Å². The smallest absolute Gasteiger partial charge is 0.240 e. The van der Waals surface area contributed by atoms with Crippen LogP contribution in [-0.4, -0.2) is 38.4 Å². The van der Waals surface area contributed by atoms with Gasteiger partial charge in [0, 0.05) is 41.7 Å². The van der Waals surface area contributed by atoms with Crippen LogP contribution in [0.1, 0.15) is 24.0 Å². The van der Waals surface area contributed by atoms with Gasteiger partial charge >= 0.3 is 0 Å². The van der Waals surface area contributed by atoms with Gasteiger partial charge in [-0.15, -0.1) is 0 Å². The highest BCUT2D eigenvalue weighted by molar-refractivity contribution is 7.89. The topological polar surface area (TPSA) is 113 Å². The summed E-state index contributed by atoms with van der Waals surface area (Å²) in [5.74, 6) is 7.34. The van der Waals surface area contributed by atoms with Crippen molar-refractivity contribution in [1.29, 1.82) is 0 Å². The number of carbonyl (C=O) groups excluding carboxylic acids is 1. The zero-order valence-corrected chi connectivity index (χ0v) is 17.9. The normalized spacial score (nSPS) is 13.4. The highest BCUT2D eigenvalue weighted by Crippen LogP contribution is 2.31. The molecule has 1 fully saturated rings. The van der Waals surface area contributed by atoms with E-state index in [1.165, 1.54) is 19.2 Å². The highest BCUT2D eigenvalue weighted by atomic mass is 32.2. The lowest BCUT2D eigenvalue weighted by molar-refractivity contribution is -0.117. The van der Waals surface area contributed by atoms with E-state index in [9.17, 15) is 13.2 Å². The van der Waals surface area contributed by atoms with Gasteiger partial charge in [-0.25, -0.2) is 23.1 Å². The van der Waals surface area contributed by atoms with Gasteiger partial charge in [-0.1, -0.05) is 11.8 Å². The molecule has 0 atom stereocenters. The fraction of sp³-hybridized carbons (Fsp3) is 0.227. The van der Waals surface area contributed by atoms with Crippen LogP contribution in [0.2, 0.25) is 0 Å². The second kappa shape index (κ2) is 8.34. The number of benzene rings is 1. The molecule has 1 saturated carbocycles. The van der Waals surface area contributed by atoms with Crippen molar-refractivity contribution in [3.63, 3.8) is 0 Å². The van der Waals surface area contributed by atoms with Crippen molar-refractivity contribution in [2.45, 2.75) is 17.7 Å². The summed E-state index contributed by atoms with van der Waals surface area (Å²) in [5.41, 5.74) is 1.34. The molecule has 1 aliphatic carbocycles. The molecule has 0 radical (unpaired) electrons. The minimum atomic E-state index is -3.49. The molecule has 8 nitrogen and oxygen atoms in total. The quantitative estimate of drug-likeness (QED) is 0.530. The first kappa shape index (κ1) is 20.8. The maximum Gasteiger partial charge on any atom is 0.240 e. The number of hydrogen-bond donors (Lipinski definition) is 3. The van der Waals surface area contributed by atoms with Gasteiger partial charge in [0.1, 0.15) is 11.6 Å². The third kappa shape index (κ3) is 4.50. The van der Waals surface area contributed by atoms with E-state index in [0.717, 1.165) is 23.6 Å². The minimum absolute atomic E-state index is 0.0148. The Hall–Kier alpha value is -3.48. The molecule has 1 aliphatic rings. The molecule has 2 aromatic heterocycles. The molecule has 4 rings (SSSR count). The molecule has 1 amide bonds. The minimum Gasteiger partial charge on any atom is -0.373 e. The SMILES string of the molecule is CNc1ncc(C#Cc2ccc(S(=O)(=O)NC)cc2)c2cc(NC(=O)C3CC3)ncc12. The molecule has 1 aromatic carbocycles. The average Bonchev–Trinajstić information content (AvgIpc) is 3.63. The molecule has 0 spiro atoms. The molecule has 158 valence electrons. The van der Waals surface area contributed by atoms with Gasteiger partial charge in [0.05, 0.1) is 10.5 Å². The lowest BCUT2D eigenvalue weighted by Crippen LogP contribution is -2.18. The van der Waals surface area contributed by atoms with Crippen LogP contribution in [0.4, 0.5) is 11.6 Å². The molecule has 0 unspecified atom stereocenters. The number of rotatable bonds is 5. The molecular weight excluding hydrogens is 414 g/mol. The number of carbonyl (C=O) groups is 1.